The van der Waals surface area contributed by atoms with Crippen molar-refractivity contribution in [3.8, 4) is 0 Å². The second kappa shape index (κ2) is 7.71. The van der Waals surface area contributed by atoms with Crippen LogP contribution in [0.4, 0.5) is 0 Å². The van der Waals surface area contributed by atoms with Gasteiger partial charge in [-0.3, -0.25) is 4.79 Å². The standard InChI is InChI=1S/C19H20ClN3O4S2/c1-12-18(13(2)27-21-12)29(25,26)23-9-5-8-22(10-11-23)19(24)17-16(20)14-6-3-4-7-15(14)28-17/h3-4,6-7H,5,8-11H2,1-2H3. The van der Waals surface area contributed by atoms with Gasteiger partial charge in [-0.15, -0.1) is 11.3 Å². The van der Waals surface area contributed by atoms with Gasteiger partial charge in [0.1, 0.15) is 15.5 Å². The number of sulfonamides is 1. The van der Waals surface area contributed by atoms with Crippen LogP contribution >= 0.6 is 22.9 Å². The number of halogens is 1. The highest BCUT2D eigenvalue weighted by atomic mass is 35.5. The zero-order chi connectivity index (χ0) is 20.8. The number of carbonyl (C=O) groups is 1. The number of rotatable bonds is 3. The van der Waals surface area contributed by atoms with E-state index in [0.717, 1.165) is 10.1 Å². The Morgan fingerprint density at radius 3 is 2.62 bits per heavy atom. The lowest BCUT2D eigenvalue weighted by atomic mass is 10.2. The second-order valence-electron chi connectivity index (χ2n) is 6.94. The molecule has 7 nitrogen and oxygen atoms in total. The first-order valence-corrected chi connectivity index (χ1v) is 11.8. The monoisotopic (exact) mass is 453 g/mol. The van der Waals surface area contributed by atoms with Gasteiger partial charge in [0.2, 0.25) is 10.0 Å². The van der Waals surface area contributed by atoms with Gasteiger partial charge in [0.15, 0.2) is 5.76 Å². The van der Waals surface area contributed by atoms with Crippen LogP contribution < -0.4 is 0 Å². The fraction of sp³-hybridized carbons (Fsp3) is 0.368. The smallest absolute Gasteiger partial charge is 0.265 e. The molecule has 10 heteroatoms. The number of nitrogens with zero attached hydrogens (tertiary/aromatic N) is 3. The molecule has 29 heavy (non-hydrogen) atoms. The zero-order valence-corrected chi connectivity index (χ0v) is 18.4. The van der Waals surface area contributed by atoms with Crippen molar-refractivity contribution < 1.29 is 17.7 Å². The number of amides is 1. The molecule has 0 aliphatic carbocycles. The summed E-state index contributed by atoms with van der Waals surface area (Å²) in [5.41, 5.74) is 0.344. The predicted octanol–water partition coefficient (Wildman–Crippen LogP) is 3.70. The normalized spacial score (nSPS) is 16.3. The van der Waals surface area contributed by atoms with E-state index in [9.17, 15) is 13.2 Å². The number of hydrogen-bond donors (Lipinski definition) is 0. The van der Waals surface area contributed by atoms with Crippen LogP contribution in [-0.4, -0.2) is 54.9 Å². The molecular formula is C19H20ClN3O4S2. The van der Waals surface area contributed by atoms with Crippen LogP contribution in [0.2, 0.25) is 5.02 Å². The lowest BCUT2D eigenvalue weighted by molar-refractivity contribution is 0.0769. The number of carbonyl (C=O) groups excluding carboxylic acids is 1. The van der Waals surface area contributed by atoms with E-state index in [2.05, 4.69) is 5.16 Å². The van der Waals surface area contributed by atoms with E-state index in [1.165, 1.54) is 15.6 Å². The third-order valence-electron chi connectivity index (χ3n) is 5.04. The molecule has 1 aliphatic heterocycles. The van der Waals surface area contributed by atoms with Crippen LogP contribution in [-0.2, 0) is 10.0 Å². The van der Waals surface area contributed by atoms with Gasteiger partial charge in [0.25, 0.3) is 5.91 Å². The summed E-state index contributed by atoms with van der Waals surface area (Å²) < 4.78 is 33.5. The average Bonchev–Trinajstić information content (AvgIpc) is 3.09. The van der Waals surface area contributed by atoms with Crippen LogP contribution in [0.15, 0.2) is 33.7 Å². The molecule has 4 rings (SSSR count). The van der Waals surface area contributed by atoms with Crippen molar-refractivity contribution in [3.63, 3.8) is 0 Å². The van der Waals surface area contributed by atoms with E-state index in [1.807, 2.05) is 24.3 Å². The van der Waals surface area contributed by atoms with Crippen molar-refractivity contribution in [3.05, 3.63) is 45.6 Å². The number of fused-ring (bicyclic) bond motifs is 1. The Labute approximate surface area is 177 Å². The Bertz CT molecular complexity index is 1170. The zero-order valence-electron chi connectivity index (χ0n) is 16.0. The van der Waals surface area contributed by atoms with Crippen molar-refractivity contribution in [2.24, 2.45) is 0 Å². The van der Waals surface area contributed by atoms with Crippen molar-refractivity contribution in [1.29, 1.82) is 0 Å². The number of thiophene rings is 1. The third-order valence-corrected chi connectivity index (χ3v) is 8.84. The van der Waals surface area contributed by atoms with E-state index in [0.29, 0.717) is 41.6 Å². The highest BCUT2D eigenvalue weighted by molar-refractivity contribution is 7.89. The van der Waals surface area contributed by atoms with E-state index >= 15 is 0 Å². The molecule has 0 atom stereocenters. The molecule has 1 fully saturated rings. The van der Waals surface area contributed by atoms with Gasteiger partial charge in [-0.25, -0.2) is 8.42 Å². The number of aryl methyl sites for hydroxylation is 2. The van der Waals surface area contributed by atoms with Crippen LogP contribution in [0.25, 0.3) is 10.1 Å². The van der Waals surface area contributed by atoms with E-state index in [4.69, 9.17) is 16.1 Å². The summed E-state index contributed by atoms with van der Waals surface area (Å²) in [7, 11) is -3.73. The summed E-state index contributed by atoms with van der Waals surface area (Å²) in [6, 6.07) is 7.62. The quantitative estimate of drug-likeness (QED) is 0.603. The summed E-state index contributed by atoms with van der Waals surface area (Å²) in [4.78, 5) is 15.4. The second-order valence-corrected chi connectivity index (χ2v) is 10.2. The summed E-state index contributed by atoms with van der Waals surface area (Å²) in [6.07, 6.45) is 0.539. The molecule has 3 heterocycles. The number of hydrogen-bond acceptors (Lipinski definition) is 6. The molecule has 154 valence electrons. The number of benzene rings is 1. The summed E-state index contributed by atoms with van der Waals surface area (Å²) in [5.74, 6) is 0.115. The highest BCUT2D eigenvalue weighted by Gasteiger charge is 2.33. The first kappa shape index (κ1) is 20.3. The summed E-state index contributed by atoms with van der Waals surface area (Å²) in [6.45, 7) is 4.50. The van der Waals surface area contributed by atoms with Crippen LogP contribution in [0.3, 0.4) is 0 Å². The van der Waals surface area contributed by atoms with Crippen molar-refractivity contribution >= 4 is 49.0 Å². The van der Waals surface area contributed by atoms with Crippen molar-refractivity contribution in [1.82, 2.24) is 14.4 Å². The topological polar surface area (TPSA) is 83.7 Å². The molecule has 1 amide bonds. The van der Waals surface area contributed by atoms with Gasteiger partial charge in [0, 0.05) is 36.3 Å². The van der Waals surface area contributed by atoms with Gasteiger partial charge in [-0.1, -0.05) is 35.0 Å². The molecule has 0 spiro atoms. The largest absolute Gasteiger partial charge is 0.360 e. The molecule has 0 radical (unpaired) electrons. The summed E-state index contributed by atoms with van der Waals surface area (Å²) >= 11 is 7.82. The Balaban J connectivity index is 1.56. The molecule has 0 saturated carbocycles. The maximum Gasteiger partial charge on any atom is 0.265 e. The van der Waals surface area contributed by atoms with Gasteiger partial charge in [0.05, 0.1) is 5.02 Å². The maximum absolute atomic E-state index is 13.1. The lowest BCUT2D eigenvalue weighted by Crippen LogP contribution is -2.37. The van der Waals surface area contributed by atoms with Gasteiger partial charge < -0.3 is 9.42 Å². The molecule has 0 bridgehead atoms. The van der Waals surface area contributed by atoms with Crippen LogP contribution in [0, 0.1) is 13.8 Å². The van der Waals surface area contributed by atoms with Crippen LogP contribution in [0.5, 0.6) is 0 Å². The minimum Gasteiger partial charge on any atom is -0.360 e. The lowest BCUT2D eigenvalue weighted by Gasteiger charge is -2.21. The Kier molecular flexibility index (Phi) is 5.41. The van der Waals surface area contributed by atoms with Gasteiger partial charge in [-0.2, -0.15) is 4.31 Å². The van der Waals surface area contributed by atoms with Crippen LogP contribution in [0.1, 0.15) is 27.5 Å². The van der Waals surface area contributed by atoms with Crippen molar-refractivity contribution in [2.45, 2.75) is 25.2 Å². The summed E-state index contributed by atoms with van der Waals surface area (Å²) in [5, 5.41) is 5.07. The van der Waals surface area contributed by atoms with E-state index in [-0.39, 0.29) is 23.1 Å². The molecule has 1 saturated heterocycles. The minimum absolute atomic E-state index is 0.116. The SMILES string of the molecule is Cc1noc(C)c1S(=O)(=O)N1CCCN(C(=O)c2sc3ccccc3c2Cl)CC1. The first-order chi connectivity index (χ1) is 13.8. The molecule has 1 aliphatic rings. The molecule has 3 aromatic rings. The molecule has 0 N–H and O–H groups in total. The average molecular weight is 454 g/mol. The van der Waals surface area contributed by atoms with Gasteiger partial charge in [-0.05, 0) is 26.3 Å². The highest BCUT2D eigenvalue weighted by Crippen LogP contribution is 2.36. The van der Waals surface area contributed by atoms with E-state index in [1.54, 1.807) is 18.7 Å². The predicted molar refractivity (Wildman–Crippen MR) is 112 cm³/mol. The molecule has 0 unspecified atom stereocenters. The van der Waals surface area contributed by atoms with Crippen molar-refractivity contribution in [2.75, 3.05) is 26.2 Å². The first-order valence-electron chi connectivity index (χ1n) is 9.20. The molecule has 1 aromatic carbocycles. The minimum atomic E-state index is -3.73. The molecular weight excluding hydrogens is 434 g/mol. The fourth-order valence-corrected chi connectivity index (χ4v) is 6.85. The molecule has 2 aromatic heterocycles. The van der Waals surface area contributed by atoms with Gasteiger partial charge >= 0.3 is 0 Å². The number of aromatic nitrogens is 1. The van der Waals surface area contributed by atoms with E-state index < -0.39 is 10.0 Å². The third kappa shape index (κ3) is 3.56. The Morgan fingerprint density at radius 2 is 1.93 bits per heavy atom. The Hall–Kier alpha value is -1.94. The fourth-order valence-electron chi connectivity index (χ4n) is 3.60. The maximum atomic E-state index is 13.1. The Morgan fingerprint density at radius 1 is 1.17 bits per heavy atom.